The van der Waals surface area contributed by atoms with E-state index in [9.17, 15) is 0 Å². The van der Waals surface area contributed by atoms with Gasteiger partial charge in [-0.3, -0.25) is 5.43 Å². The molecule has 0 saturated carbocycles. The van der Waals surface area contributed by atoms with Crippen LogP contribution < -0.4 is 10.7 Å². The highest BCUT2D eigenvalue weighted by Crippen LogP contribution is 1.87. The summed E-state index contributed by atoms with van der Waals surface area (Å²) in [6.07, 6.45) is 3.49. The number of hydrazone groups is 1. The molecule has 0 saturated heterocycles. The highest BCUT2D eigenvalue weighted by atomic mass is 32.1. The van der Waals surface area contributed by atoms with Crippen LogP contribution in [0.2, 0.25) is 0 Å². The van der Waals surface area contributed by atoms with Crippen LogP contribution in [-0.2, 0) is 0 Å². The molecule has 12 heavy (non-hydrogen) atoms. The van der Waals surface area contributed by atoms with Gasteiger partial charge in [-0.25, -0.2) is 0 Å². The van der Waals surface area contributed by atoms with Crippen LogP contribution in [0.25, 0.3) is 0 Å². The molecule has 0 aliphatic carbocycles. The number of thiocarbonyl (C=S) groups is 1. The van der Waals surface area contributed by atoms with Crippen molar-refractivity contribution in [3.05, 3.63) is 24.0 Å². The lowest BCUT2D eigenvalue weighted by molar-refractivity contribution is 0.981. The minimum absolute atomic E-state index is 0.498. The van der Waals surface area contributed by atoms with Crippen LogP contribution in [-0.4, -0.2) is 23.4 Å². The fourth-order valence-corrected chi connectivity index (χ4v) is 0.694. The van der Waals surface area contributed by atoms with Crippen molar-refractivity contribution in [3.8, 4) is 0 Å². The maximum absolute atomic E-state index is 4.80. The first-order chi connectivity index (χ1) is 5.83. The molecule has 1 rings (SSSR count). The van der Waals surface area contributed by atoms with Gasteiger partial charge in [0.1, 0.15) is 0 Å². The Bertz CT molecular complexity index is 265. The van der Waals surface area contributed by atoms with Crippen molar-refractivity contribution >= 4 is 23.5 Å². The van der Waals surface area contributed by atoms with Crippen molar-refractivity contribution in [1.82, 2.24) is 15.7 Å². The molecule has 3 N–H and O–H groups in total. The summed E-state index contributed by atoms with van der Waals surface area (Å²) < 4.78 is 0. The topological polar surface area (TPSA) is 52.2 Å². The number of H-pyrrole nitrogens is 1. The minimum atomic E-state index is 0.498. The van der Waals surface area contributed by atoms with Crippen LogP contribution in [0, 0.1) is 0 Å². The standard InChI is InChI=1S/C7H10N4S/c1-8-7(12)11-10-5-6-3-2-4-9-6/h2-5,9H,1H3,(H2,8,11,12). The fraction of sp³-hybridized carbons (Fsp3) is 0.143. The van der Waals surface area contributed by atoms with Gasteiger partial charge in [-0.2, -0.15) is 5.10 Å². The van der Waals surface area contributed by atoms with Gasteiger partial charge in [0.2, 0.25) is 0 Å². The van der Waals surface area contributed by atoms with Gasteiger partial charge in [-0.15, -0.1) is 0 Å². The third-order valence-corrected chi connectivity index (χ3v) is 1.51. The van der Waals surface area contributed by atoms with E-state index in [4.69, 9.17) is 12.2 Å². The Hall–Kier alpha value is -1.36. The third-order valence-electron chi connectivity index (χ3n) is 1.22. The lowest BCUT2D eigenvalue weighted by Gasteiger charge is -1.98. The van der Waals surface area contributed by atoms with Crippen LogP contribution >= 0.6 is 12.2 Å². The Morgan fingerprint density at radius 3 is 3.17 bits per heavy atom. The average Bonchev–Trinajstić information content (AvgIpc) is 2.57. The van der Waals surface area contributed by atoms with Crippen LogP contribution in [0.4, 0.5) is 0 Å². The number of aromatic nitrogens is 1. The summed E-state index contributed by atoms with van der Waals surface area (Å²) in [5.41, 5.74) is 3.57. The first-order valence-electron chi connectivity index (χ1n) is 3.47. The van der Waals surface area contributed by atoms with Crippen LogP contribution in [0.15, 0.2) is 23.4 Å². The molecule has 1 aromatic heterocycles. The molecule has 0 atom stereocenters. The number of hydrogen-bond acceptors (Lipinski definition) is 2. The normalized spacial score (nSPS) is 10.1. The van der Waals surface area contributed by atoms with Crippen LogP contribution in [0.3, 0.4) is 0 Å². The van der Waals surface area contributed by atoms with Gasteiger partial charge in [0.25, 0.3) is 0 Å². The number of nitrogens with one attached hydrogen (secondary N) is 3. The molecule has 0 amide bonds. The van der Waals surface area contributed by atoms with E-state index in [1.807, 2.05) is 18.3 Å². The summed E-state index contributed by atoms with van der Waals surface area (Å²) in [6, 6.07) is 3.81. The quantitative estimate of drug-likeness (QED) is 0.353. The molecule has 5 heteroatoms. The Balaban J connectivity index is 2.37. The second-order valence-corrected chi connectivity index (χ2v) is 2.48. The molecule has 0 aliphatic rings. The smallest absolute Gasteiger partial charge is 0.186 e. The summed E-state index contributed by atoms with van der Waals surface area (Å²) in [5.74, 6) is 0. The van der Waals surface area contributed by atoms with E-state index >= 15 is 0 Å². The summed E-state index contributed by atoms with van der Waals surface area (Å²) in [6.45, 7) is 0. The zero-order chi connectivity index (χ0) is 8.81. The van der Waals surface area contributed by atoms with Gasteiger partial charge in [-0.05, 0) is 24.4 Å². The zero-order valence-electron chi connectivity index (χ0n) is 6.66. The maximum atomic E-state index is 4.80. The third kappa shape index (κ3) is 2.71. The number of nitrogens with zero attached hydrogens (tertiary/aromatic N) is 1. The number of rotatable bonds is 2. The van der Waals surface area contributed by atoms with Crippen molar-refractivity contribution in [2.24, 2.45) is 5.10 Å². The molecule has 0 unspecified atom stereocenters. The number of aromatic amines is 1. The molecule has 64 valence electrons. The average molecular weight is 182 g/mol. The number of hydrogen-bond donors (Lipinski definition) is 3. The molecular weight excluding hydrogens is 172 g/mol. The summed E-state index contributed by atoms with van der Waals surface area (Å²) in [7, 11) is 1.74. The zero-order valence-corrected chi connectivity index (χ0v) is 7.48. The van der Waals surface area contributed by atoms with Crippen molar-refractivity contribution < 1.29 is 0 Å². The highest BCUT2D eigenvalue weighted by molar-refractivity contribution is 7.80. The molecule has 0 radical (unpaired) electrons. The lowest BCUT2D eigenvalue weighted by Crippen LogP contribution is -2.28. The van der Waals surface area contributed by atoms with E-state index in [0.29, 0.717) is 5.11 Å². The van der Waals surface area contributed by atoms with Crippen molar-refractivity contribution in [1.29, 1.82) is 0 Å². The fourth-order valence-electron chi connectivity index (χ4n) is 0.641. The van der Waals surface area contributed by atoms with Gasteiger partial charge in [0.05, 0.1) is 11.9 Å². The van der Waals surface area contributed by atoms with E-state index in [1.54, 1.807) is 13.3 Å². The van der Waals surface area contributed by atoms with E-state index in [0.717, 1.165) is 5.69 Å². The largest absolute Gasteiger partial charge is 0.364 e. The van der Waals surface area contributed by atoms with E-state index in [1.165, 1.54) is 0 Å². The monoisotopic (exact) mass is 182 g/mol. The van der Waals surface area contributed by atoms with Crippen LogP contribution in [0.5, 0.6) is 0 Å². The summed E-state index contributed by atoms with van der Waals surface area (Å²) in [4.78, 5) is 2.98. The molecule has 0 bridgehead atoms. The summed E-state index contributed by atoms with van der Waals surface area (Å²) >= 11 is 4.80. The van der Waals surface area contributed by atoms with Gasteiger partial charge in [0, 0.05) is 13.2 Å². The first kappa shape index (κ1) is 8.73. The van der Waals surface area contributed by atoms with Crippen molar-refractivity contribution in [3.63, 3.8) is 0 Å². The predicted molar refractivity (Wildman–Crippen MR) is 53.2 cm³/mol. The van der Waals surface area contributed by atoms with E-state index in [-0.39, 0.29) is 0 Å². The molecule has 0 aromatic carbocycles. The second-order valence-electron chi connectivity index (χ2n) is 2.07. The Morgan fingerprint density at radius 1 is 1.75 bits per heavy atom. The predicted octanol–water partition coefficient (Wildman–Crippen LogP) is 0.442. The molecule has 0 fully saturated rings. The molecule has 1 aromatic rings. The van der Waals surface area contributed by atoms with Crippen molar-refractivity contribution in [2.75, 3.05) is 7.05 Å². The lowest BCUT2D eigenvalue weighted by atomic mass is 10.5. The minimum Gasteiger partial charge on any atom is -0.364 e. The molecule has 0 aliphatic heterocycles. The molecule has 4 nitrogen and oxygen atoms in total. The van der Waals surface area contributed by atoms with E-state index < -0.39 is 0 Å². The summed E-state index contributed by atoms with van der Waals surface area (Å²) in [5, 5.41) is 7.11. The Morgan fingerprint density at radius 2 is 2.58 bits per heavy atom. The Kier molecular flexibility index (Phi) is 3.28. The van der Waals surface area contributed by atoms with Gasteiger partial charge >= 0.3 is 0 Å². The molecule has 1 heterocycles. The first-order valence-corrected chi connectivity index (χ1v) is 3.88. The van der Waals surface area contributed by atoms with Gasteiger partial charge < -0.3 is 10.3 Å². The Labute approximate surface area is 76.1 Å². The maximum Gasteiger partial charge on any atom is 0.186 e. The van der Waals surface area contributed by atoms with Crippen molar-refractivity contribution in [2.45, 2.75) is 0 Å². The van der Waals surface area contributed by atoms with Crippen LogP contribution in [0.1, 0.15) is 5.69 Å². The SMILES string of the molecule is CNC(=S)NN=Cc1ccc[nH]1. The molecule has 0 spiro atoms. The van der Waals surface area contributed by atoms with E-state index in [2.05, 4.69) is 20.8 Å². The van der Waals surface area contributed by atoms with Gasteiger partial charge in [0.15, 0.2) is 5.11 Å². The van der Waals surface area contributed by atoms with Gasteiger partial charge in [-0.1, -0.05) is 0 Å². The molecular formula is C7H10N4S. The highest BCUT2D eigenvalue weighted by Gasteiger charge is 1.86. The second kappa shape index (κ2) is 4.50.